The maximum Gasteiger partial charge on any atom is 0.316 e. The number of ketones is 2. The molecule has 1 rings (SSSR count). The Hall–Kier alpha value is -2.57. The fraction of sp³-hybridized carbons (Fsp3) is 0.438. The van der Waals surface area contributed by atoms with Crippen molar-refractivity contribution in [2.45, 2.75) is 19.8 Å². The number of nitrogens with zero attached hydrogens (tertiary/aromatic N) is 1. The molecule has 0 saturated heterocycles. The van der Waals surface area contributed by atoms with Gasteiger partial charge in [0, 0.05) is 18.3 Å². The van der Waals surface area contributed by atoms with Crippen molar-refractivity contribution in [1.82, 2.24) is 4.98 Å². The molecule has 7 heteroatoms. The standard InChI is InChI=1S/C16H19NO6/c1-9(18)12(15(20)22-3)14(11-5-7-17-8-6-11)13(10(2)19)16(21)23-4/h5-8,12-14H,1-4H3. The predicted octanol–water partition coefficient (Wildman–Crippen LogP) is 0.922. The van der Waals surface area contributed by atoms with Crippen LogP contribution in [0.15, 0.2) is 24.5 Å². The predicted molar refractivity (Wildman–Crippen MR) is 79.4 cm³/mol. The van der Waals surface area contributed by atoms with E-state index in [9.17, 15) is 19.2 Å². The normalized spacial score (nSPS) is 14.3. The highest BCUT2D eigenvalue weighted by Gasteiger charge is 2.45. The van der Waals surface area contributed by atoms with Gasteiger partial charge in [-0.1, -0.05) is 0 Å². The fourth-order valence-electron chi connectivity index (χ4n) is 2.55. The maximum absolute atomic E-state index is 12.1. The summed E-state index contributed by atoms with van der Waals surface area (Å²) in [6.45, 7) is 2.43. The molecule has 0 saturated carbocycles. The molecule has 1 aromatic rings. The van der Waals surface area contributed by atoms with Gasteiger partial charge in [-0.05, 0) is 31.5 Å². The van der Waals surface area contributed by atoms with E-state index >= 15 is 0 Å². The Morgan fingerprint density at radius 2 is 1.26 bits per heavy atom. The van der Waals surface area contributed by atoms with Crippen molar-refractivity contribution in [2.75, 3.05) is 14.2 Å². The molecule has 0 aromatic carbocycles. The summed E-state index contributed by atoms with van der Waals surface area (Å²) in [4.78, 5) is 52.1. The number of esters is 2. The lowest BCUT2D eigenvalue weighted by atomic mass is 9.74. The first-order chi connectivity index (χ1) is 10.8. The highest BCUT2D eigenvalue weighted by molar-refractivity contribution is 6.04. The van der Waals surface area contributed by atoms with Crippen LogP contribution in [0.25, 0.3) is 0 Å². The smallest absolute Gasteiger partial charge is 0.316 e. The number of pyridine rings is 1. The van der Waals surface area contributed by atoms with E-state index in [4.69, 9.17) is 0 Å². The Balaban J connectivity index is 3.53. The van der Waals surface area contributed by atoms with Crippen LogP contribution in [0, 0.1) is 11.8 Å². The molecular formula is C16H19NO6. The van der Waals surface area contributed by atoms with Crippen LogP contribution in [0.2, 0.25) is 0 Å². The Labute approximate surface area is 134 Å². The number of hydrogen-bond donors (Lipinski definition) is 0. The third-order valence-corrected chi connectivity index (χ3v) is 3.60. The summed E-state index contributed by atoms with van der Waals surface area (Å²) in [5.74, 6) is -6.25. The first-order valence-corrected chi connectivity index (χ1v) is 6.91. The van der Waals surface area contributed by atoms with Gasteiger partial charge in [0.05, 0.1) is 14.2 Å². The van der Waals surface area contributed by atoms with Crippen molar-refractivity contribution < 1.29 is 28.7 Å². The van der Waals surface area contributed by atoms with Crippen LogP contribution in [0.1, 0.15) is 25.3 Å². The van der Waals surface area contributed by atoms with Crippen molar-refractivity contribution in [2.24, 2.45) is 11.8 Å². The lowest BCUT2D eigenvalue weighted by Crippen LogP contribution is -2.40. The number of methoxy groups -OCH3 is 2. The van der Waals surface area contributed by atoms with E-state index in [0.29, 0.717) is 5.56 Å². The lowest BCUT2D eigenvalue weighted by Gasteiger charge is -2.28. The summed E-state index contributed by atoms with van der Waals surface area (Å²) < 4.78 is 9.36. The molecule has 1 aromatic heterocycles. The first-order valence-electron chi connectivity index (χ1n) is 6.91. The number of aromatic nitrogens is 1. The molecule has 0 aliphatic heterocycles. The molecule has 0 aliphatic carbocycles. The molecule has 0 spiro atoms. The molecule has 0 fully saturated rings. The highest BCUT2D eigenvalue weighted by atomic mass is 16.5. The van der Waals surface area contributed by atoms with Crippen LogP contribution in [0.5, 0.6) is 0 Å². The van der Waals surface area contributed by atoms with Gasteiger partial charge in [0.15, 0.2) is 0 Å². The topological polar surface area (TPSA) is 99.6 Å². The van der Waals surface area contributed by atoms with Gasteiger partial charge in [-0.2, -0.15) is 0 Å². The zero-order valence-corrected chi connectivity index (χ0v) is 13.4. The van der Waals surface area contributed by atoms with Crippen molar-refractivity contribution in [3.8, 4) is 0 Å². The van der Waals surface area contributed by atoms with E-state index in [2.05, 4.69) is 14.5 Å². The quantitative estimate of drug-likeness (QED) is 0.544. The minimum atomic E-state index is -1.30. The molecule has 7 nitrogen and oxygen atoms in total. The Bertz CT molecular complexity index is 564. The van der Waals surface area contributed by atoms with Gasteiger partial charge in [0.2, 0.25) is 0 Å². The van der Waals surface area contributed by atoms with E-state index in [-0.39, 0.29) is 0 Å². The van der Waals surface area contributed by atoms with Gasteiger partial charge < -0.3 is 9.47 Å². The van der Waals surface area contributed by atoms with E-state index in [1.165, 1.54) is 26.2 Å². The van der Waals surface area contributed by atoms with Crippen LogP contribution >= 0.6 is 0 Å². The molecule has 1 heterocycles. The molecule has 0 bridgehead atoms. The number of carbonyl (C=O) groups is 4. The summed E-state index contributed by atoms with van der Waals surface area (Å²) in [6.07, 6.45) is 2.90. The Morgan fingerprint density at radius 3 is 1.57 bits per heavy atom. The summed E-state index contributed by atoms with van der Waals surface area (Å²) in [5, 5.41) is 0. The molecule has 2 unspecified atom stereocenters. The van der Waals surface area contributed by atoms with E-state index < -0.39 is 41.3 Å². The summed E-state index contributed by atoms with van der Waals surface area (Å²) in [6, 6.07) is 3.09. The summed E-state index contributed by atoms with van der Waals surface area (Å²) in [7, 11) is 2.28. The third-order valence-electron chi connectivity index (χ3n) is 3.60. The van der Waals surface area contributed by atoms with Crippen molar-refractivity contribution in [1.29, 1.82) is 0 Å². The number of rotatable bonds is 7. The Kier molecular flexibility index (Phi) is 6.56. The summed E-state index contributed by atoms with van der Waals surface area (Å²) in [5.41, 5.74) is 0.455. The second kappa shape index (κ2) is 8.17. The minimum absolute atomic E-state index is 0.455. The lowest BCUT2D eigenvalue weighted by molar-refractivity contribution is -0.154. The number of ether oxygens (including phenoxy) is 2. The van der Waals surface area contributed by atoms with Gasteiger partial charge in [-0.25, -0.2) is 0 Å². The van der Waals surface area contributed by atoms with Gasteiger partial charge >= 0.3 is 11.9 Å². The molecule has 124 valence electrons. The molecule has 0 N–H and O–H groups in total. The van der Waals surface area contributed by atoms with Crippen LogP contribution < -0.4 is 0 Å². The average molecular weight is 321 g/mol. The molecule has 0 radical (unpaired) electrons. The molecule has 0 aliphatic rings. The second-order valence-electron chi connectivity index (χ2n) is 5.03. The Morgan fingerprint density at radius 1 is 0.870 bits per heavy atom. The highest BCUT2D eigenvalue weighted by Crippen LogP contribution is 2.35. The number of carbonyl (C=O) groups excluding carboxylic acids is 4. The zero-order valence-electron chi connectivity index (χ0n) is 13.4. The third kappa shape index (κ3) is 4.21. The SMILES string of the molecule is COC(=O)C(C(C)=O)C(c1ccncc1)C(C(C)=O)C(=O)OC. The van der Waals surface area contributed by atoms with E-state index in [1.807, 2.05) is 0 Å². The van der Waals surface area contributed by atoms with Crippen LogP contribution in [-0.2, 0) is 28.7 Å². The number of hydrogen-bond acceptors (Lipinski definition) is 7. The minimum Gasteiger partial charge on any atom is -0.468 e. The summed E-state index contributed by atoms with van der Waals surface area (Å²) >= 11 is 0. The number of Topliss-reactive ketones (excluding diaryl/α,β-unsaturated/α-hetero) is 2. The van der Waals surface area contributed by atoms with E-state index in [1.54, 1.807) is 12.1 Å². The van der Waals surface area contributed by atoms with E-state index in [0.717, 1.165) is 14.2 Å². The van der Waals surface area contributed by atoms with Gasteiger partial charge in [0.1, 0.15) is 23.4 Å². The van der Waals surface area contributed by atoms with Crippen molar-refractivity contribution >= 4 is 23.5 Å². The molecule has 0 amide bonds. The van der Waals surface area contributed by atoms with Gasteiger partial charge in [-0.15, -0.1) is 0 Å². The zero-order chi connectivity index (χ0) is 17.6. The van der Waals surface area contributed by atoms with Crippen LogP contribution in [-0.4, -0.2) is 42.7 Å². The maximum atomic E-state index is 12.1. The molecule has 2 atom stereocenters. The fourth-order valence-corrected chi connectivity index (χ4v) is 2.55. The molecule has 23 heavy (non-hydrogen) atoms. The van der Waals surface area contributed by atoms with Gasteiger partial charge in [-0.3, -0.25) is 24.2 Å². The molecular weight excluding hydrogens is 302 g/mol. The van der Waals surface area contributed by atoms with Crippen molar-refractivity contribution in [3.63, 3.8) is 0 Å². The monoisotopic (exact) mass is 321 g/mol. The van der Waals surface area contributed by atoms with Gasteiger partial charge in [0.25, 0.3) is 0 Å². The van der Waals surface area contributed by atoms with Crippen molar-refractivity contribution in [3.05, 3.63) is 30.1 Å². The van der Waals surface area contributed by atoms with Crippen LogP contribution in [0.4, 0.5) is 0 Å². The van der Waals surface area contributed by atoms with Crippen LogP contribution in [0.3, 0.4) is 0 Å². The average Bonchev–Trinajstić information content (AvgIpc) is 2.53. The second-order valence-corrected chi connectivity index (χ2v) is 5.03. The first kappa shape index (κ1) is 18.5. The largest absolute Gasteiger partial charge is 0.468 e.